The molecule has 1 aromatic carbocycles. The first kappa shape index (κ1) is 28.2. The van der Waals surface area contributed by atoms with Gasteiger partial charge in [0.2, 0.25) is 11.8 Å². The van der Waals surface area contributed by atoms with E-state index in [9.17, 15) is 14.4 Å². The van der Waals surface area contributed by atoms with Crippen LogP contribution < -0.4 is 0 Å². The number of rotatable bonds is 13. The van der Waals surface area contributed by atoms with E-state index in [1.54, 1.807) is 34.6 Å². The molecule has 3 aliphatic rings. The van der Waals surface area contributed by atoms with Crippen molar-refractivity contribution in [2.45, 2.75) is 66.4 Å². The number of fused-ring (bicyclic) bond motifs is 1. The first-order chi connectivity index (χ1) is 17.9. The number of thioether (sulfide) groups is 1. The molecule has 3 saturated heterocycles. The summed E-state index contributed by atoms with van der Waals surface area (Å²) in [6, 6.07) is 9.18. The van der Waals surface area contributed by atoms with Crippen LogP contribution in [-0.4, -0.2) is 79.9 Å². The highest BCUT2D eigenvalue weighted by Crippen LogP contribution is 2.68. The zero-order chi connectivity index (χ0) is 26.6. The van der Waals surface area contributed by atoms with E-state index >= 15 is 0 Å². The molecule has 37 heavy (non-hydrogen) atoms. The molecule has 1 spiro atoms. The Labute approximate surface area is 232 Å². The highest BCUT2D eigenvalue weighted by Gasteiger charge is 2.76. The summed E-state index contributed by atoms with van der Waals surface area (Å²) in [6.07, 6.45) is 5.57. The Hall–Kier alpha value is -1.84. The van der Waals surface area contributed by atoms with Crippen LogP contribution in [0.3, 0.4) is 0 Å². The summed E-state index contributed by atoms with van der Waals surface area (Å²) in [5.74, 6) is -1.66. The smallest absolute Gasteiger partial charge is 0.310 e. The molecule has 3 aliphatic heterocycles. The van der Waals surface area contributed by atoms with Crippen LogP contribution in [-0.2, 0) is 25.7 Å². The topological polar surface area (TPSA) is 87.2 Å². The Kier molecular flexibility index (Phi) is 9.40. The number of unbranched alkanes of at least 4 members (excludes halogenated alkanes) is 3. The number of carbonyl (C=O) groups is 3. The predicted octanol–water partition coefficient (Wildman–Crippen LogP) is 3.78. The van der Waals surface area contributed by atoms with E-state index in [1.165, 1.54) is 0 Å². The molecule has 2 amide bonds. The van der Waals surface area contributed by atoms with Crippen molar-refractivity contribution in [3.05, 3.63) is 48.6 Å². The molecule has 4 rings (SSSR count). The number of carbonyl (C=O) groups excluding carboxylic acids is 3. The van der Waals surface area contributed by atoms with Gasteiger partial charge in [0.25, 0.3) is 0 Å². The number of ether oxygens (including phenoxy) is 1. The number of alkyl halides is 1. The molecule has 3 fully saturated rings. The fourth-order valence-corrected chi connectivity index (χ4v) is 9.86. The van der Waals surface area contributed by atoms with E-state index in [1.807, 2.05) is 30.3 Å². The highest BCUT2D eigenvalue weighted by molar-refractivity contribution is 9.09. The van der Waals surface area contributed by atoms with Crippen LogP contribution in [0.4, 0.5) is 0 Å². The number of hydrogen-bond donors (Lipinski definition) is 1. The van der Waals surface area contributed by atoms with E-state index in [-0.39, 0.29) is 41.1 Å². The summed E-state index contributed by atoms with van der Waals surface area (Å²) in [5.41, 5.74) is 1.01. The number of halogens is 1. The second kappa shape index (κ2) is 12.3. The average Bonchev–Trinajstić information content (AvgIpc) is 3.47. The van der Waals surface area contributed by atoms with E-state index < -0.39 is 22.6 Å². The van der Waals surface area contributed by atoms with E-state index in [0.29, 0.717) is 26.1 Å². The number of aliphatic hydroxyl groups is 1. The quantitative estimate of drug-likeness (QED) is 0.162. The van der Waals surface area contributed by atoms with Gasteiger partial charge in [-0.15, -0.1) is 18.3 Å². The number of nitrogens with zero attached hydrogens (tertiary/aromatic N) is 2. The molecule has 2 bridgehead atoms. The fourth-order valence-electron chi connectivity index (χ4n) is 6.27. The highest BCUT2D eigenvalue weighted by atomic mass is 79.9. The van der Waals surface area contributed by atoms with Crippen LogP contribution in [0, 0.1) is 11.8 Å². The van der Waals surface area contributed by atoms with E-state index in [4.69, 9.17) is 9.84 Å². The Bertz CT molecular complexity index is 994. The van der Waals surface area contributed by atoms with Crippen molar-refractivity contribution in [3.8, 4) is 0 Å². The molecule has 0 aliphatic carbocycles. The van der Waals surface area contributed by atoms with Crippen LogP contribution in [0.1, 0.15) is 44.6 Å². The van der Waals surface area contributed by atoms with Crippen LogP contribution in [0.15, 0.2) is 43.0 Å². The van der Waals surface area contributed by atoms with E-state index in [2.05, 4.69) is 22.5 Å². The maximum atomic E-state index is 14.4. The molecular weight excluding hydrogens is 556 g/mol. The minimum atomic E-state index is -0.675. The van der Waals surface area contributed by atoms with Crippen LogP contribution in [0.2, 0.25) is 0 Å². The largest absolute Gasteiger partial charge is 0.466 e. The molecule has 6 atom stereocenters. The summed E-state index contributed by atoms with van der Waals surface area (Å²) < 4.78 is 4.75. The second-order valence-corrected chi connectivity index (χ2v) is 12.8. The van der Waals surface area contributed by atoms with Crippen molar-refractivity contribution in [1.29, 1.82) is 0 Å². The molecule has 0 aromatic heterocycles. The minimum absolute atomic E-state index is 0.0257. The summed E-state index contributed by atoms with van der Waals surface area (Å²) in [6.45, 7) is 7.31. The van der Waals surface area contributed by atoms with E-state index in [0.717, 1.165) is 31.2 Å². The van der Waals surface area contributed by atoms with Gasteiger partial charge in [0.05, 0.1) is 23.2 Å². The predicted molar refractivity (Wildman–Crippen MR) is 148 cm³/mol. The van der Waals surface area contributed by atoms with Gasteiger partial charge in [-0.25, -0.2) is 0 Å². The lowest BCUT2D eigenvalue weighted by molar-refractivity contribution is -0.153. The van der Waals surface area contributed by atoms with Crippen molar-refractivity contribution < 1.29 is 24.2 Å². The zero-order valence-electron chi connectivity index (χ0n) is 21.4. The van der Waals surface area contributed by atoms with Crippen LogP contribution >= 0.6 is 27.7 Å². The molecule has 1 aromatic rings. The monoisotopic (exact) mass is 592 g/mol. The van der Waals surface area contributed by atoms with Gasteiger partial charge in [-0.3, -0.25) is 14.4 Å². The molecule has 9 heteroatoms. The maximum absolute atomic E-state index is 14.4. The first-order valence-corrected chi connectivity index (χ1v) is 15.0. The molecule has 7 nitrogen and oxygen atoms in total. The van der Waals surface area contributed by atoms with Gasteiger partial charge in [0.1, 0.15) is 6.04 Å². The molecule has 0 saturated carbocycles. The van der Waals surface area contributed by atoms with Crippen molar-refractivity contribution in [2.24, 2.45) is 11.8 Å². The van der Waals surface area contributed by atoms with Gasteiger partial charge < -0.3 is 19.6 Å². The second-order valence-electron chi connectivity index (χ2n) is 10.1. The Morgan fingerprint density at radius 3 is 2.68 bits per heavy atom. The third kappa shape index (κ3) is 5.36. The molecule has 3 heterocycles. The molecule has 1 N–H and O–H groups in total. The molecule has 3 unspecified atom stereocenters. The van der Waals surface area contributed by atoms with Crippen LogP contribution in [0.5, 0.6) is 0 Å². The Balaban J connectivity index is 1.68. The molecule has 202 valence electrons. The van der Waals surface area contributed by atoms with Crippen molar-refractivity contribution in [3.63, 3.8) is 0 Å². The number of benzene rings is 1. The van der Waals surface area contributed by atoms with Crippen LogP contribution in [0.25, 0.3) is 0 Å². The minimum Gasteiger partial charge on any atom is -0.466 e. The standard InChI is InChI=1S/C28H37BrN2O5S/c1-3-14-30(18-19-12-8-7-9-13-19)26(34)24-28-17-20(29)23(37-28)21(27(35)36-4-2)22(28)25(33)31(24)15-10-5-6-11-16-32/h3,7-9,12-13,20-24,32H,1,4-6,10-11,14-18H2,2H3/t20?,21-,22-,23-,24?,28?/m0/s1. The van der Waals surface area contributed by atoms with Crippen molar-refractivity contribution in [2.75, 3.05) is 26.3 Å². The summed E-state index contributed by atoms with van der Waals surface area (Å²) in [7, 11) is 0. The number of hydrogen-bond acceptors (Lipinski definition) is 6. The van der Waals surface area contributed by atoms with Gasteiger partial charge in [-0.2, -0.15) is 0 Å². The SMILES string of the molecule is C=CCN(Cc1ccccc1)C(=O)C1N(CCCCCCO)C(=O)[C@@H]2[C@H](C(=O)OCC)[C@H]3SC12CC3Br. The van der Waals surface area contributed by atoms with Gasteiger partial charge >= 0.3 is 5.97 Å². The van der Waals surface area contributed by atoms with Crippen molar-refractivity contribution in [1.82, 2.24) is 9.80 Å². The fraction of sp³-hybridized carbons (Fsp3) is 0.607. The summed E-state index contributed by atoms with van der Waals surface area (Å²) in [5, 5.41) is 9.02. The number of likely N-dealkylation sites (tertiary alicyclic amines) is 1. The van der Waals surface area contributed by atoms with Crippen molar-refractivity contribution >= 4 is 45.5 Å². The van der Waals surface area contributed by atoms with Gasteiger partial charge in [-0.05, 0) is 31.7 Å². The average molecular weight is 594 g/mol. The third-order valence-corrected chi connectivity index (χ3v) is 11.0. The first-order valence-electron chi connectivity index (χ1n) is 13.2. The third-order valence-electron chi connectivity index (χ3n) is 7.77. The summed E-state index contributed by atoms with van der Waals surface area (Å²) in [4.78, 5) is 45.1. The Morgan fingerprint density at radius 2 is 2.00 bits per heavy atom. The Morgan fingerprint density at radius 1 is 1.27 bits per heavy atom. The normalized spacial score (nSPS) is 29.9. The maximum Gasteiger partial charge on any atom is 0.310 e. The molecule has 0 radical (unpaired) electrons. The number of aliphatic hydroxyl groups excluding tert-OH is 1. The number of esters is 1. The van der Waals surface area contributed by atoms with Gasteiger partial charge in [-0.1, -0.05) is 65.2 Å². The number of amides is 2. The lowest BCUT2D eigenvalue weighted by Gasteiger charge is -2.38. The summed E-state index contributed by atoms with van der Waals surface area (Å²) >= 11 is 5.42. The van der Waals surface area contributed by atoms with Gasteiger partial charge in [0, 0.05) is 36.3 Å². The zero-order valence-corrected chi connectivity index (χ0v) is 23.8. The lowest BCUT2D eigenvalue weighted by Crippen LogP contribution is -2.55. The van der Waals surface area contributed by atoms with Gasteiger partial charge in [0.15, 0.2) is 0 Å². The molecular formula is C28H37BrN2O5S. The lowest BCUT2D eigenvalue weighted by atomic mass is 9.71.